The first-order valence-corrected chi connectivity index (χ1v) is 9.31. The van der Waals surface area contributed by atoms with Crippen LogP contribution in [0.2, 0.25) is 0 Å². The van der Waals surface area contributed by atoms with E-state index in [1.807, 2.05) is 40.0 Å². The lowest BCUT2D eigenvalue weighted by atomic mass is 10.1. The number of nitrogens with zero attached hydrogens (tertiary/aromatic N) is 2. The third-order valence-electron chi connectivity index (χ3n) is 3.10. The fourth-order valence-electron chi connectivity index (χ4n) is 1.92. The van der Waals surface area contributed by atoms with Crippen LogP contribution < -0.4 is 16.0 Å². The molecule has 26 heavy (non-hydrogen) atoms. The van der Waals surface area contributed by atoms with Crippen molar-refractivity contribution in [2.24, 2.45) is 4.99 Å². The monoisotopic (exact) mass is 497 g/mol. The molecule has 1 aromatic rings. The third kappa shape index (κ3) is 10.1. The lowest BCUT2D eigenvalue weighted by molar-refractivity contribution is 0.0474. The number of amides is 1. The Morgan fingerprint density at radius 2 is 1.92 bits per heavy atom. The van der Waals surface area contributed by atoms with Gasteiger partial charge in [0.1, 0.15) is 5.60 Å². The quantitative estimate of drug-likeness (QED) is 0.319. The highest BCUT2D eigenvalue weighted by Gasteiger charge is 2.24. The first-order valence-electron chi connectivity index (χ1n) is 8.43. The number of halogens is 1. The predicted octanol–water partition coefficient (Wildman–Crippen LogP) is 3.29. The number of guanidine groups is 1. The highest BCUT2D eigenvalue weighted by atomic mass is 127. The van der Waals surface area contributed by atoms with E-state index in [0.29, 0.717) is 19.0 Å². The van der Waals surface area contributed by atoms with Crippen molar-refractivity contribution in [3.05, 3.63) is 16.1 Å². The molecule has 150 valence electrons. The Hall–Kier alpha value is -1.10. The van der Waals surface area contributed by atoms with Gasteiger partial charge in [0.2, 0.25) is 0 Å². The van der Waals surface area contributed by atoms with Crippen LogP contribution in [-0.4, -0.2) is 41.8 Å². The average molecular weight is 497 g/mol. The van der Waals surface area contributed by atoms with Gasteiger partial charge < -0.3 is 20.7 Å². The van der Waals surface area contributed by atoms with Gasteiger partial charge >= 0.3 is 6.09 Å². The van der Waals surface area contributed by atoms with Crippen molar-refractivity contribution in [2.75, 3.05) is 13.6 Å². The summed E-state index contributed by atoms with van der Waals surface area (Å²) in [5, 5.41) is 12.5. The summed E-state index contributed by atoms with van der Waals surface area (Å²) in [4.78, 5) is 20.6. The molecule has 1 aromatic heterocycles. The van der Waals surface area contributed by atoms with Gasteiger partial charge in [-0.3, -0.25) is 4.99 Å². The van der Waals surface area contributed by atoms with Crippen molar-refractivity contribution in [3.8, 4) is 0 Å². The van der Waals surface area contributed by atoms with Crippen LogP contribution in [0.1, 0.15) is 52.2 Å². The number of thiazole rings is 1. The number of hydrogen-bond acceptors (Lipinski definition) is 5. The Labute approximate surface area is 177 Å². The summed E-state index contributed by atoms with van der Waals surface area (Å²) >= 11 is 1.66. The zero-order valence-corrected chi connectivity index (χ0v) is 19.9. The minimum absolute atomic E-state index is 0. The molecule has 7 nitrogen and oxygen atoms in total. The van der Waals surface area contributed by atoms with Crippen molar-refractivity contribution >= 4 is 47.4 Å². The zero-order chi connectivity index (χ0) is 19.1. The molecule has 1 heterocycles. The lowest BCUT2D eigenvalue weighted by Gasteiger charge is -2.29. The van der Waals surface area contributed by atoms with Crippen LogP contribution in [0.25, 0.3) is 0 Å². The summed E-state index contributed by atoms with van der Waals surface area (Å²) in [6, 6.07) is 0. The van der Waals surface area contributed by atoms with E-state index >= 15 is 0 Å². The fraction of sp³-hybridized carbons (Fsp3) is 0.706. The Balaban J connectivity index is 0.00000625. The highest BCUT2D eigenvalue weighted by molar-refractivity contribution is 14.0. The Kier molecular flexibility index (Phi) is 10.4. The molecule has 0 saturated carbocycles. The third-order valence-corrected chi connectivity index (χ3v) is 4.14. The normalized spacial score (nSPS) is 12.2. The van der Waals surface area contributed by atoms with Gasteiger partial charge in [0.25, 0.3) is 0 Å². The maximum absolute atomic E-state index is 11.9. The first-order chi connectivity index (χ1) is 11.5. The second kappa shape index (κ2) is 10.9. The molecule has 0 atom stereocenters. The standard InChI is InChI=1S/C17H31N5O2S.HI/c1-8-13-21-12(10-25-13)9-19-14(18-7)20-11-17(5,6)22-15(23)24-16(2,3)4;/h10H,8-9,11H2,1-7H3,(H,22,23)(H2,18,19,20);1H. The molecule has 1 rings (SSSR count). The number of aliphatic imine (C=N–C) groups is 1. The summed E-state index contributed by atoms with van der Waals surface area (Å²) in [5.41, 5.74) is -0.0117. The number of aromatic nitrogens is 1. The number of carbonyl (C=O) groups is 1. The maximum atomic E-state index is 11.9. The van der Waals surface area contributed by atoms with Crippen molar-refractivity contribution < 1.29 is 9.53 Å². The largest absolute Gasteiger partial charge is 0.444 e. The molecular formula is C17H32IN5O2S. The molecule has 9 heteroatoms. The average Bonchev–Trinajstić information content (AvgIpc) is 2.92. The Morgan fingerprint density at radius 3 is 2.42 bits per heavy atom. The molecule has 0 aliphatic carbocycles. The SMILES string of the molecule is CCc1nc(CNC(=NC)NCC(C)(C)NC(=O)OC(C)(C)C)cs1.I. The minimum atomic E-state index is -0.518. The topological polar surface area (TPSA) is 87.6 Å². The smallest absolute Gasteiger partial charge is 0.408 e. The number of carbonyl (C=O) groups excluding carboxylic acids is 1. The van der Waals surface area contributed by atoms with Crippen molar-refractivity contribution in [2.45, 2.75) is 65.6 Å². The summed E-state index contributed by atoms with van der Waals surface area (Å²) in [6.07, 6.45) is 0.513. The number of hydrogen-bond donors (Lipinski definition) is 3. The van der Waals surface area contributed by atoms with Gasteiger partial charge in [0.15, 0.2) is 5.96 Å². The maximum Gasteiger partial charge on any atom is 0.408 e. The number of alkyl carbamates (subject to hydrolysis) is 1. The van der Waals surface area contributed by atoms with Crippen LogP contribution in [0, 0.1) is 0 Å². The van der Waals surface area contributed by atoms with E-state index < -0.39 is 17.2 Å². The van der Waals surface area contributed by atoms with Crippen molar-refractivity contribution in [1.29, 1.82) is 0 Å². The van der Waals surface area contributed by atoms with Crippen LogP contribution in [0.3, 0.4) is 0 Å². The summed E-state index contributed by atoms with van der Waals surface area (Å²) in [5.74, 6) is 0.658. The van der Waals surface area contributed by atoms with Crippen LogP contribution in [0.5, 0.6) is 0 Å². The number of nitrogens with one attached hydrogen (secondary N) is 3. The Bertz CT molecular complexity index is 596. The molecule has 0 fully saturated rings. The molecular weight excluding hydrogens is 465 g/mol. The van der Waals surface area contributed by atoms with E-state index in [9.17, 15) is 4.79 Å². The van der Waals surface area contributed by atoms with E-state index in [-0.39, 0.29) is 24.0 Å². The van der Waals surface area contributed by atoms with Gasteiger partial charge in [-0.05, 0) is 41.0 Å². The molecule has 0 unspecified atom stereocenters. The van der Waals surface area contributed by atoms with Gasteiger partial charge in [-0.1, -0.05) is 6.92 Å². The molecule has 0 aromatic carbocycles. The molecule has 0 bridgehead atoms. The molecule has 0 aliphatic heterocycles. The molecule has 0 aliphatic rings. The van der Waals surface area contributed by atoms with Crippen molar-refractivity contribution in [1.82, 2.24) is 20.9 Å². The summed E-state index contributed by atoms with van der Waals surface area (Å²) in [6.45, 7) is 12.6. The van der Waals surface area contributed by atoms with E-state index in [0.717, 1.165) is 17.1 Å². The fourth-order valence-corrected chi connectivity index (χ4v) is 2.66. The molecule has 1 amide bonds. The van der Waals surface area contributed by atoms with E-state index in [4.69, 9.17) is 4.74 Å². The highest BCUT2D eigenvalue weighted by Crippen LogP contribution is 2.10. The molecule has 3 N–H and O–H groups in total. The number of aryl methyl sites for hydroxylation is 1. The van der Waals surface area contributed by atoms with Gasteiger partial charge in [0, 0.05) is 19.0 Å². The molecule has 0 spiro atoms. The van der Waals surface area contributed by atoms with Crippen molar-refractivity contribution in [3.63, 3.8) is 0 Å². The van der Waals surface area contributed by atoms with Crippen LogP contribution in [0.4, 0.5) is 4.79 Å². The zero-order valence-electron chi connectivity index (χ0n) is 16.7. The Morgan fingerprint density at radius 1 is 1.27 bits per heavy atom. The van der Waals surface area contributed by atoms with Crippen LogP contribution >= 0.6 is 35.3 Å². The molecule has 0 saturated heterocycles. The summed E-state index contributed by atoms with van der Waals surface area (Å²) in [7, 11) is 1.71. The second-order valence-electron chi connectivity index (χ2n) is 7.38. The summed E-state index contributed by atoms with van der Waals surface area (Å²) < 4.78 is 5.29. The first kappa shape index (κ1) is 24.9. The van der Waals surface area contributed by atoms with E-state index in [1.165, 1.54) is 0 Å². The van der Waals surface area contributed by atoms with Crippen LogP contribution in [-0.2, 0) is 17.7 Å². The van der Waals surface area contributed by atoms with Gasteiger partial charge in [0.05, 0.1) is 22.8 Å². The second-order valence-corrected chi connectivity index (χ2v) is 8.32. The van der Waals surface area contributed by atoms with E-state index in [2.05, 4.69) is 32.9 Å². The van der Waals surface area contributed by atoms with E-state index in [1.54, 1.807) is 18.4 Å². The van der Waals surface area contributed by atoms with Gasteiger partial charge in [-0.15, -0.1) is 35.3 Å². The number of ether oxygens (including phenoxy) is 1. The minimum Gasteiger partial charge on any atom is -0.444 e. The molecule has 0 radical (unpaired) electrons. The van der Waals surface area contributed by atoms with Gasteiger partial charge in [-0.25, -0.2) is 9.78 Å². The van der Waals surface area contributed by atoms with Crippen LogP contribution in [0.15, 0.2) is 10.4 Å². The number of rotatable bonds is 6. The predicted molar refractivity (Wildman–Crippen MR) is 119 cm³/mol. The lowest BCUT2D eigenvalue weighted by Crippen LogP contribution is -2.54. The van der Waals surface area contributed by atoms with Gasteiger partial charge in [-0.2, -0.15) is 0 Å².